The van der Waals surface area contributed by atoms with E-state index in [2.05, 4.69) is 10.1 Å². The summed E-state index contributed by atoms with van der Waals surface area (Å²) < 4.78 is 28.2. The van der Waals surface area contributed by atoms with Crippen molar-refractivity contribution in [2.45, 2.75) is 25.3 Å². The Labute approximate surface area is 123 Å². The van der Waals surface area contributed by atoms with Crippen molar-refractivity contribution in [1.82, 2.24) is 10.1 Å². The molecule has 1 saturated heterocycles. The Bertz CT molecular complexity index is 739. The van der Waals surface area contributed by atoms with Crippen LogP contribution in [0.3, 0.4) is 0 Å². The molecule has 112 valence electrons. The van der Waals surface area contributed by atoms with E-state index in [0.29, 0.717) is 31.1 Å². The van der Waals surface area contributed by atoms with Crippen molar-refractivity contribution in [3.8, 4) is 0 Å². The molecule has 21 heavy (non-hydrogen) atoms. The van der Waals surface area contributed by atoms with Crippen LogP contribution in [0.15, 0.2) is 28.8 Å². The van der Waals surface area contributed by atoms with Gasteiger partial charge >= 0.3 is 0 Å². The summed E-state index contributed by atoms with van der Waals surface area (Å²) in [7, 11) is -2.94. The predicted octanol–water partition coefficient (Wildman–Crippen LogP) is 1.02. The first-order chi connectivity index (χ1) is 10.1. The average Bonchev–Trinajstić information content (AvgIpc) is 3.06. The van der Waals surface area contributed by atoms with Gasteiger partial charge in [0.1, 0.15) is 0 Å². The van der Waals surface area contributed by atoms with Gasteiger partial charge in [-0.05, 0) is 17.5 Å². The van der Waals surface area contributed by atoms with Gasteiger partial charge in [0.15, 0.2) is 15.7 Å². The maximum absolute atomic E-state index is 11.5. The molecule has 0 spiro atoms. The number of rotatable bonds is 4. The molecule has 0 saturated carbocycles. The van der Waals surface area contributed by atoms with Crippen molar-refractivity contribution in [2.75, 3.05) is 11.5 Å². The van der Waals surface area contributed by atoms with Crippen LogP contribution in [-0.4, -0.2) is 30.1 Å². The lowest BCUT2D eigenvalue weighted by atomic mass is 10.0. The Morgan fingerprint density at radius 3 is 2.71 bits per heavy atom. The van der Waals surface area contributed by atoms with Crippen LogP contribution in [-0.2, 0) is 22.8 Å². The zero-order valence-electron chi connectivity index (χ0n) is 11.5. The average molecular weight is 307 g/mol. The third-order valence-electron chi connectivity index (χ3n) is 3.76. The molecule has 2 N–H and O–H groups in total. The first-order valence-electron chi connectivity index (χ1n) is 6.87. The number of benzene rings is 1. The molecule has 0 amide bonds. The quantitative estimate of drug-likeness (QED) is 0.905. The molecule has 1 aliphatic heterocycles. The van der Waals surface area contributed by atoms with Gasteiger partial charge in [-0.1, -0.05) is 29.4 Å². The molecule has 0 bridgehead atoms. The van der Waals surface area contributed by atoms with E-state index >= 15 is 0 Å². The molecule has 1 aromatic carbocycles. The lowest BCUT2D eigenvalue weighted by Crippen LogP contribution is -2.05. The van der Waals surface area contributed by atoms with Crippen molar-refractivity contribution < 1.29 is 12.9 Å². The van der Waals surface area contributed by atoms with Gasteiger partial charge in [0, 0.05) is 12.5 Å². The second-order valence-electron chi connectivity index (χ2n) is 5.30. The SMILES string of the molecule is NCc1ccccc1Cc1nc(C2CCS(=O)(=O)C2)no1. The maximum Gasteiger partial charge on any atom is 0.231 e. The molecule has 2 aromatic rings. The molecule has 1 fully saturated rings. The molecule has 0 aliphatic carbocycles. The third kappa shape index (κ3) is 3.14. The molecule has 2 heterocycles. The van der Waals surface area contributed by atoms with Crippen LogP contribution in [0.4, 0.5) is 0 Å². The Balaban J connectivity index is 1.77. The molecular formula is C14H17N3O3S. The summed E-state index contributed by atoms with van der Waals surface area (Å²) in [6.45, 7) is 0.456. The van der Waals surface area contributed by atoms with Gasteiger partial charge in [-0.3, -0.25) is 0 Å². The predicted molar refractivity (Wildman–Crippen MR) is 77.4 cm³/mol. The normalized spacial score (nSPS) is 20.7. The van der Waals surface area contributed by atoms with Gasteiger partial charge in [0.05, 0.1) is 17.9 Å². The molecule has 1 aliphatic rings. The number of hydrogen-bond acceptors (Lipinski definition) is 6. The summed E-state index contributed by atoms with van der Waals surface area (Å²) in [6.07, 6.45) is 1.08. The minimum atomic E-state index is -2.94. The number of hydrogen-bond donors (Lipinski definition) is 1. The number of sulfone groups is 1. The van der Waals surface area contributed by atoms with E-state index in [4.69, 9.17) is 10.3 Å². The fourth-order valence-electron chi connectivity index (χ4n) is 2.60. The van der Waals surface area contributed by atoms with E-state index in [1.54, 1.807) is 0 Å². The fraction of sp³-hybridized carbons (Fsp3) is 0.429. The highest BCUT2D eigenvalue weighted by molar-refractivity contribution is 7.91. The Kier molecular flexibility index (Phi) is 3.77. The Hall–Kier alpha value is -1.73. The van der Waals surface area contributed by atoms with Crippen LogP contribution in [0.1, 0.15) is 35.2 Å². The minimum absolute atomic E-state index is 0.116. The van der Waals surface area contributed by atoms with E-state index in [9.17, 15) is 8.42 Å². The summed E-state index contributed by atoms with van der Waals surface area (Å²) in [4.78, 5) is 4.35. The summed E-state index contributed by atoms with van der Waals surface area (Å²) in [6, 6.07) is 7.83. The van der Waals surface area contributed by atoms with Crippen molar-refractivity contribution in [2.24, 2.45) is 5.73 Å². The zero-order chi connectivity index (χ0) is 14.9. The van der Waals surface area contributed by atoms with Crippen molar-refractivity contribution in [3.63, 3.8) is 0 Å². The molecule has 1 unspecified atom stereocenters. The van der Waals surface area contributed by atoms with Gasteiger partial charge < -0.3 is 10.3 Å². The van der Waals surface area contributed by atoms with Gasteiger partial charge in [-0.25, -0.2) is 8.42 Å². The van der Waals surface area contributed by atoms with Gasteiger partial charge in [-0.15, -0.1) is 0 Å². The lowest BCUT2D eigenvalue weighted by molar-refractivity contribution is 0.376. The van der Waals surface area contributed by atoms with Crippen LogP contribution in [0.5, 0.6) is 0 Å². The third-order valence-corrected chi connectivity index (χ3v) is 5.53. The van der Waals surface area contributed by atoms with Gasteiger partial charge in [-0.2, -0.15) is 4.98 Å². The zero-order valence-corrected chi connectivity index (χ0v) is 12.3. The maximum atomic E-state index is 11.5. The van der Waals surface area contributed by atoms with Crippen LogP contribution >= 0.6 is 0 Å². The molecule has 0 radical (unpaired) electrons. The number of nitrogens with two attached hydrogens (primary N) is 1. The van der Waals surface area contributed by atoms with Crippen LogP contribution in [0.25, 0.3) is 0 Å². The van der Waals surface area contributed by atoms with Crippen LogP contribution in [0, 0.1) is 0 Å². The van der Waals surface area contributed by atoms with Gasteiger partial charge in [0.25, 0.3) is 0 Å². The van der Waals surface area contributed by atoms with E-state index in [1.807, 2.05) is 24.3 Å². The first-order valence-corrected chi connectivity index (χ1v) is 8.69. The van der Waals surface area contributed by atoms with Gasteiger partial charge in [0.2, 0.25) is 5.89 Å². The van der Waals surface area contributed by atoms with Crippen molar-refractivity contribution in [1.29, 1.82) is 0 Å². The molecule has 3 rings (SSSR count). The van der Waals surface area contributed by atoms with Crippen molar-refractivity contribution in [3.05, 3.63) is 47.1 Å². The van der Waals surface area contributed by atoms with E-state index in [0.717, 1.165) is 11.1 Å². The van der Waals surface area contributed by atoms with Crippen LogP contribution in [0.2, 0.25) is 0 Å². The summed E-state index contributed by atoms with van der Waals surface area (Å²) in [5.41, 5.74) is 7.80. The molecule has 1 atom stereocenters. The minimum Gasteiger partial charge on any atom is -0.339 e. The second kappa shape index (κ2) is 5.57. The summed E-state index contributed by atoms with van der Waals surface area (Å²) in [5.74, 6) is 1.17. The Morgan fingerprint density at radius 2 is 2.05 bits per heavy atom. The summed E-state index contributed by atoms with van der Waals surface area (Å²) in [5, 5.41) is 3.93. The van der Waals surface area contributed by atoms with Crippen molar-refractivity contribution >= 4 is 9.84 Å². The monoisotopic (exact) mass is 307 g/mol. The highest BCUT2D eigenvalue weighted by Crippen LogP contribution is 2.27. The lowest BCUT2D eigenvalue weighted by Gasteiger charge is -2.04. The summed E-state index contributed by atoms with van der Waals surface area (Å²) >= 11 is 0. The molecule has 1 aromatic heterocycles. The molecule has 7 heteroatoms. The standard InChI is InChI=1S/C14H17N3O3S/c15-8-11-4-2-1-3-10(11)7-13-16-14(17-20-13)12-5-6-21(18,19)9-12/h1-4,12H,5-9,15H2. The number of nitrogens with zero attached hydrogens (tertiary/aromatic N) is 2. The molecular weight excluding hydrogens is 290 g/mol. The largest absolute Gasteiger partial charge is 0.339 e. The van der Waals surface area contributed by atoms with E-state index in [-0.39, 0.29) is 17.4 Å². The number of aromatic nitrogens is 2. The Morgan fingerprint density at radius 1 is 1.29 bits per heavy atom. The van der Waals surface area contributed by atoms with E-state index < -0.39 is 9.84 Å². The topological polar surface area (TPSA) is 99.1 Å². The fourth-order valence-corrected chi connectivity index (χ4v) is 4.34. The van der Waals surface area contributed by atoms with Crippen LogP contribution < -0.4 is 5.73 Å². The molecule has 6 nitrogen and oxygen atoms in total. The highest BCUT2D eigenvalue weighted by Gasteiger charge is 2.32. The van der Waals surface area contributed by atoms with E-state index in [1.165, 1.54) is 0 Å². The highest BCUT2D eigenvalue weighted by atomic mass is 32.2. The first kappa shape index (κ1) is 14.2. The smallest absolute Gasteiger partial charge is 0.231 e. The second-order valence-corrected chi connectivity index (χ2v) is 7.52.